The number of nitrogens with zero attached hydrogens (tertiary/aromatic N) is 3. The van der Waals surface area contributed by atoms with Crippen LogP contribution >= 0.6 is 12.2 Å². The third kappa shape index (κ3) is 5.04. The molecule has 1 aliphatic rings. The fourth-order valence-corrected chi connectivity index (χ4v) is 3.88. The predicted molar refractivity (Wildman–Crippen MR) is 125 cm³/mol. The lowest BCUT2D eigenvalue weighted by molar-refractivity contribution is 0.415. The van der Waals surface area contributed by atoms with E-state index in [1.165, 1.54) is 0 Å². The third-order valence-electron chi connectivity index (χ3n) is 5.24. The minimum atomic E-state index is 0.350. The Balaban J connectivity index is 1.33. The molecule has 1 aromatic carbocycles. The van der Waals surface area contributed by atoms with Gasteiger partial charge in [-0.15, -0.1) is 0 Å². The number of hydrogen-bond donors (Lipinski definition) is 2. The van der Waals surface area contributed by atoms with Crippen LogP contribution in [0.2, 0.25) is 0 Å². The molecular weight excluding hydrogens is 394 g/mol. The molecular formula is C23H25N5OS. The monoisotopic (exact) mass is 419 g/mol. The van der Waals surface area contributed by atoms with Gasteiger partial charge in [0.25, 0.3) is 0 Å². The summed E-state index contributed by atoms with van der Waals surface area (Å²) in [5.74, 6) is 1.87. The minimum Gasteiger partial charge on any atom is -0.497 e. The van der Waals surface area contributed by atoms with E-state index in [4.69, 9.17) is 17.0 Å². The molecule has 0 amide bonds. The van der Waals surface area contributed by atoms with Gasteiger partial charge in [-0.2, -0.15) is 0 Å². The summed E-state index contributed by atoms with van der Waals surface area (Å²) in [6.07, 6.45) is 7.39. The number of anilines is 2. The number of pyridine rings is 2. The Hall–Kier alpha value is -3.19. The molecule has 0 bridgehead atoms. The number of methoxy groups -OCH3 is 1. The summed E-state index contributed by atoms with van der Waals surface area (Å²) in [6.45, 7) is 1.87. The lowest BCUT2D eigenvalue weighted by Crippen LogP contribution is -2.46. The van der Waals surface area contributed by atoms with Crippen molar-refractivity contribution in [2.24, 2.45) is 0 Å². The maximum Gasteiger partial charge on any atom is 0.171 e. The smallest absolute Gasteiger partial charge is 0.171 e. The van der Waals surface area contributed by atoms with Gasteiger partial charge in [-0.3, -0.25) is 4.98 Å². The molecule has 4 rings (SSSR count). The highest BCUT2D eigenvalue weighted by Crippen LogP contribution is 2.26. The molecule has 0 atom stereocenters. The van der Waals surface area contributed by atoms with Crippen LogP contribution in [0.5, 0.6) is 5.75 Å². The van der Waals surface area contributed by atoms with E-state index in [-0.39, 0.29) is 0 Å². The van der Waals surface area contributed by atoms with Crippen LogP contribution in [-0.4, -0.2) is 41.3 Å². The van der Waals surface area contributed by atoms with Crippen LogP contribution in [0.15, 0.2) is 67.1 Å². The first-order chi connectivity index (χ1) is 14.7. The first-order valence-electron chi connectivity index (χ1n) is 10.0. The SMILES string of the molecule is COc1ccc(-c2ccnc(N3CCC(NC(=S)Nc4cccnc4)CC3)c2)cc1. The first kappa shape index (κ1) is 20.1. The van der Waals surface area contributed by atoms with Crippen LogP contribution in [0.3, 0.4) is 0 Å². The van der Waals surface area contributed by atoms with Crippen LogP contribution in [-0.2, 0) is 0 Å². The van der Waals surface area contributed by atoms with Crippen LogP contribution in [0, 0.1) is 0 Å². The van der Waals surface area contributed by atoms with Crippen molar-refractivity contribution in [3.8, 4) is 16.9 Å². The topological polar surface area (TPSA) is 62.3 Å². The molecule has 0 unspecified atom stereocenters. The van der Waals surface area contributed by atoms with Gasteiger partial charge in [-0.1, -0.05) is 12.1 Å². The highest BCUT2D eigenvalue weighted by atomic mass is 32.1. The fourth-order valence-electron chi connectivity index (χ4n) is 3.60. The zero-order chi connectivity index (χ0) is 20.8. The average molecular weight is 420 g/mol. The number of ether oxygens (including phenoxy) is 1. The molecule has 6 nitrogen and oxygen atoms in total. The summed E-state index contributed by atoms with van der Waals surface area (Å²) in [4.78, 5) is 11.0. The molecule has 2 aromatic heterocycles. The van der Waals surface area contributed by atoms with E-state index in [1.807, 2.05) is 36.5 Å². The standard InChI is InChI=1S/C23H25N5OS/c1-29-21-6-4-17(5-7-21)18-8-12-25-22(15-18)28-13-9-19(10-14-28)26-23(30)27-20-3-2-11-24-16-20/h2-8,11-12,15-16,19H,9-10,13-14H2,1H3,(H2,26,27,30). The van der Waals surface area contributed by atoms with Crippen molar-refractivity contribution in [1.82, 2.24) is 15.3 Å². The van der Waals surface area contributed by atoms with Gasteiger partial charge < -0.3 is 20.3 Å². The molecule has 2 N–H and O–H groups in total. The van der Waals surface area contributed by atoms with Gasteiger partial charge in [0.05, 0.1) is 19.0 Å². The number of rotatable bonds is 5. The highest BCUT2D eigenvalue weighted by molar-refractivity contribution is 7.80. The Morgan fingerprint density at radius 1 is 1.07 bits per heavy atom. The molecule has 0 aliphatic carbocycles. The quantitative estimate of drug-likeness (QED) is 0.604. The molecule has 0 saturated carbocycles. The van der Waals surface area contributed by atoms with Gasteiger partial charge in [0, 0.05) is 31.5 Å². The maximum absolute atomic E-state index is 5.44. The van der Waals surface area contributed by atoms with Crippen molar-refractivity contribution in [2.75, 3.05) is 30.4 Å². The number of thiocarbonyl (C=S) groups is 1. The summed E-state index contributed by atoms with van der Waals surface area (Å²) in [5.41, 5.74) is 3.21. The number of hydrogen-bond acceptors (Lipinski definition) is 5. The van der Waals surface area contributed by atoms with Crippen molar-refractivity contribution in [1.29, 1.82) is 0 Å². The first-order valence-corrected chi connectivity index (χ1v) is 10.4. The Bertz CT molecular complexity index is 972. The Morgan fingerprint density at radius 3 is 2.57 bits per heavy atom. The molecule has 0 spiro atoms. The number of benzene rings is 1. The van der Waals surface area contributed by atoms with E-state index in [9.17, 15) is 0 Å². The second-order valence-electron chi connectivity index (χ2n) is 7.23. The zero-order valence-electron chi connectivity index (χ0n) is 16.9. The van der Waals surface area contributed by atoms with Gasteiger partial charge in [0.15, 0.2) is 5.11 Å². The summed E-state index contributed by atoms with van der Waals surface area (Å²) in [7, 11) is 1.68. The number of nitrogens with one attached hydrogen (secondary N) is 2. The van der Waals surface area contributed by atoms with E-state index in [1.54, 1.807) is 19.5 Å². The normalized spacial score (nSPS) is 14.2. The summed E-state index contributed by atoms with van der Waals surface area (Å²) in [6, 6.07) is 16.5. The van der Waals surface area contributed by atoms with E-state index in [0.717, 1.165) is 54.3 Å². The van der Waals surface area contributed by atoms with Crippen molar-refractivity contribution < 1.29 is 4.74 Å². The molecule has 0 radical (unpaired) electrons. The second kappa shape index (κ2) is 9.54. The van der Waals surface area contributed by atoms with E-state index >= 15 is 0 Å². The Kier molecular flexibility index (Phi) is 6.39. The Morgan fingerprint density at radius 2 is 1.87 bits per heavy atom. The molecule has 7 heteroatoms. The van der Waals surface area contributed by atoms with Crippen molar-refractivity contribution in [2.45, 2.75) is 18.9 Å². The van der Waals surface area contributed by atoms with E-state index in [0.29, 0.717) is 11.2 Å². The molecule has 154 valence electrons. The highest BCUT2D eigenvalue weighted by Gasteiger charge is 2.21. The fraction of sp³-hybridized carbons (Fsp3) is 0.261. The van der Waals surface area contributed by atoms with E-state index < -0.39 is 0 Å². The van der Waals surface area contributed by atoms with Gasteiger partial charge in [0.2, 0.25) is 0 Å². The predicted octanol–water partition coefficient (Wildman–Crippen LogP) is 4.11. The van der Waals surface area contributed by atoms with Gasteiger partial charge in [-0.05, 0) is 72.6 Å². The second-order valence-corrected chi connectivity index (χ2v) is 7.64. The molecule has 3 heterocycles. The van der Waals surface area contributed by atoms with Crippen molar-refractivity contribution >= 4 is 28.8 Å². The maximum atomic E-state index is 5.44. The van der Waals surface area contributed by atoms with Crippen LogP contribution in [0.25, 0.3) is 11.1 Å². The summed E-state index contributed by atoms with van der Waals surface area (Å²) in [5, 5.41) is 7.25. The summed E-state index contributed by atoms with van der Waals surface area (Å²) < 4.78 is 5.25. The van der Waals surface area contributed by atoms with Crippen molar-refractivity contribution in [3.05, 3.63) is 67.1 Å². The molecule has 1 fully saturated rings. The summed E-state index contributed by atoms with van der Waals surface area (Å²) >= 11 is 5.44. The number of piperidine rings is 1. The average Bonchev–Trinajstić information content (AvgIpc) is 2.80. The molecule has 1 aliphatic heterocycles. The van der Waals surface area contributed by atoms with Gasteiger partial charge >= 0.3 is 0 Å². The lowest BCUT2D eigenvalue weighted by atomic mass is 10.0. The lowest BCUT2D eigenvalue weighted by Gasteiger charge is -2.33. The number of aromatic nitrogens is 2. The molecule has 3 aromatic rings. The minimum absolute atomic E-state index is 0.350. The van der Waals surface area contributed by atoms with Crippen LogP contribution < -0.4 is 20.3 Å². The van der Waals surface area contributed by atoms with E-state index in [2.05, 4.69) is 43.7 Å². The van der Waals surface area contributed by atoms with Gasteiger partial charge in [-0.25, -0.2) is 4.98 Å². The molecule has 1 saturated heterocycles. The Labute approximate surface area is 182 Å². The van der Waals surface area contributed by atoms with Crippen molar-refractivity contribution in [3.63, 3.8) is 0 Å². The van der Waals surface area contributed by atoms with Gasteiger partial charge in [0.1, 0.15) is 11.6 Å². The van der Waals surface area contributed by atoms with Crippen LogP contribution in [0.1, 0.15) is 12.8 Å². The largest absolute Gasteiger partial charge is 0.497 e. The third-order valence-corrected chi connectivity index (χ3v) is 5.46. The zero-order valence-corrected chi connectivity index (χ0v) is 17.7. The van der Waals surface area contributed by atoms with Crippen LogP contribution in [0.4, 0.5) is 11.5 Å². The molecule has 30 heavy (non-hydrogen) atoms.